The van der Waals surface area contributed by atoms with E-state index in [1.807, 2.05) is 13.8 Å². The van der Waals surface area contributed by atoms with Crippen LogP contribution < -0.4 is 5.48 Å². The van der Waals surface area contributed by atoms with Gasteiger partial charge in [-0.05, 0) is 6.92 Å². The third-order valence-electron chi connectivity index (χ3n) is 2.15. The van der Waals surface area contributed by atoms with Crippen LogP contribution in [0.3, 0.4) is 0 Å². The number of hydroxylamine groups is 1. The summed E-state index contributed by atoms with van der Waals surface area (Å²) in [7, 11) is 0. The maximum atomic E-state index is 10.6. The molecule has 0 fully saturated rings. The molecule has 0 radical (unpaired) electrons. The van der Waals surface area contributed by atoms with Gasteiger partial charge in [-0.1, -0.05) is 13.8 Å². The molecule has 0 rings (SSSR count). The largest absolute Gasteiger partial charge is 0.379 e. The highest BCUT2D eigenvalue weighted by Gasteiger charge is 1.95. The second-order valence-corrected chi connectivity index (χ2v) is 4.30. The van der Waals surface area contributed by atoms with Gasteiger partial charge >= 0.3 is 0 Å². The van der Waals surface area contributed by atoms with Crippen molar-refractivity contribution in [2.45, 2.75) is 27.2 Å². The van der Waals surface area contributed by atoms with Crippen molar-refractivity contribution < 1.29 is 31.9 Å². The van der Waals surface area contributed by atoms with E-state index < -0.39 is 0 Å². The zero-order chi connectivity index (χ0) is 17.6. The van der Waals surface area contributed by atoms with Gasteiger partial charge in [0.05, 0.1) is 52.9 Å². The number of rotatable bonds is 17. The SMILES string of the molecule is CC.CC(=O)CCOCCOCCOCCOCCNOOI. The molecule has 1 N–H and O–H groups in total. The first kappa shape index (κ1) is 25.4. The lowest BCUT2D eigenvalue weighted by Gasteiger charge is -2.07. The smallest absolute Gasteiger partial charge is 0.157 e. The van der Waals surface area contributed by atoms with Crippen LogP contribution in [0, 0.1) is 0 Å². The molecule has 0 aliphatic rings. The molecule has 0 aromatic carbocycles. The van der Waals surface area contributed by atoms with E-state index in [9.17, 15) is 4.79 Å². The molecule has 0 bridgehead atoms. The first-order chi connectivity index (χ1) is 11.3. The van der Waals surface area contributed by atoms with Crippen molar-refractivity contribution in [2.24, 2.45) is 0 Å². The lowest BCUT2D eigenvalue weighted by Crippen LogP contribution is -2.20. The van der Waals surface area contributed by atoms with E-state index in [2.05, 4.69) is 13.7 Å². The summed E-state index contributed by atoms with van der Waals surface area (Å²) in [5, 5.41) is 0. The van der Waals surface area contributed by atoms with Gasteiger partial charge in [-0.15, -0.1) is 8.21 Å². The molecule has 0 aromatic rings. The second kappa shape index (κ2) is 24.4. The molecule has 8 nitrogen and oxygen atoms in total. The number of ketones is 1. The molecule has 0 unspecified atom stereocenters. The summed E-state index contributed by atoms with van der Waals surface area (Å²) in [5.41, 5.74) is 2.53. The number of carbonyl (C=O) groups excluding carboxylic acids is 1. The van der Waals surface area contributed by atoms with Crippen LogP contribution in [0.25, 0.3) is 0 Å². The minimum atomic E-state index is 0.133. The van der Waals surface area contributed by atoms with Gasteiger partial charge < -0.3 is 18.9 Å². The summed E-state index contributed by atoms with van der Waals surface area (Å²) in [6, 6.07) is 0. The molecule has 0 atom stereocenters. The van der Waals surface area contributed by atoms with Crippen molar-refractivity contribution in [1.29, 1.82) is 0 Å². The summed E-state index contributed by atoms with van der Waals surface area (Å²) >= 11 is 1.61. The van der Waals surface area contributed by atoms with Gasteiger partial charge in [0, 0.05) is 13.0 Å². The molecule has 0 aliphatic heterocycles. The summed E-state index contributed by atoms with van der Waals surface area (Å²) in [4.78, 5) is 15.1. The summed E-state index contributed by atoms with van der Waals surface area (Å²) in [6.45, 7) is 10.1. The van der Waals surface area contributed by atoms with Gasteiger partial charge in [0.2, 0.25) is 0 Å². The molecule has 140 valence electrons. The number of Topliss-reactive ketones (excluding diaryl/α,β-unsaturated/α-hetero) is 1. The minimum Gasteiger partial charge on any atom is -0.379 e. The molecule has 9 heteroatoms. The molecule has 0 saturated carbocycles. The fourth-order valence-corrected chi connectivity index (χ4v) is 1.28. The Morgan fingerprint density at radius 1 is 0.826 bits per heavy atom. The summed E-state index contributed by atoms with van der Waals surface area (Å²) in [5.74, 6) is 0.133. The third-order valence-corrected chi connectivity index (χ3v) is 2.33. The van der Waals surface area contributed by atoms with Crippen LogP contribution in [-0.2, 0) is 31.9 Å². The number of carbonyl (C=O) groups is 1. The Bertz CT molecular complexity index is 235. The summed E-state index contributed by atoms with van der Waals surface area (Å²) < 4.78 is 25.4. The predicted octanol–water partition coefficient (Wildman–Crippen LogP) is 1.86. The lowest BCUT2D eigenvalue weighted by molar-refractivity contribution is -0.224. The Kier molecular flexibility index (Phi) is 26.9. The zero-order valence-electron chi connectivity index (χ0n) is 14.3. The first-order valence-electron chi connectivity index (χ1n) is 7.75. The van der Waals surface area contributed by atoms with E-state index in [4.69, 9.17) is 18.9 Å². The zero-order valence-corrected chi connectivity index (χ0v) is 16.5. The molecular formula is C14H30INO7. The van der Waals surface area contributed by atoms with Gasteiger partial charge in [0.15, 0.2) is 23.0 Å². The number of ether oxygens (including phenoxy) is 4. The molecule has 23 heavy (non-hydrogen) atoms. The minimum absolute atomic E-state index is 0.133. The topological polar surface area (TPSA) is 84.5 Å². The van der Waals surface area contributed by atoms with Gasteiger partial charge in [0.1, 0.15) is 5.78 Å². The van der Waals surface area contributed by atoms with Crippen molar-refractivity contribution in [1.82, 2.24) is 5.48 Å². The van der Waals surface area contributed by atoms with Gasteiger partial charge in [0.25, 0.3) is 0 Å². The number of halogens is 1. The van der Waals surface area contributed by atoms with Crippen LogP contribution >= 0.6 is 23.0 Å². The quantitative estimate of drug-likeness (QED) is 0.155. The Hall–Kier alpha value is 0.120. The first-order valence-corrected chi connectivity index (χ1v) is 8.63. The molecule has 0 aromatic heterocycles. The number of nitrogens with one attached hydrogen (secondary N) is 1. The van der Waals surface area contributed by atoms with Crippen LogP contribution in [-0.4, -0.2) is 65.2 Å². The van der Waals surface area contributed by atoms with Crippen molar-refractivity contribution in [3.8, 4) is 0 Å². The van der Waals surface area contributed by atoms with Crippen LogP contribution in [0.4, 0.5) is 0 Å². The Morgan fingerprint density at radius 3 is 1.70 bits per heavy atom. The Morgan fingerprint density at radius 2 is 1.26 bits per heavy atom. The van der Waals surface area contributed by atoms with Gasteiger partial charge in [-0.25, -0.2) is 0 Å². The van der Waals surface area contributed by atoms with Crippen LogP contribution in [0.1, 0.15) is 27.2 Å². The maximum absolute atomic E-state index is 10.6. The molecular weight excluding hydrogens is 421 g/mol. The van der Waals surface area contributed by atoms with Crippen LogP contribution in [0.5, 0.6) is 0 Å². The highest BCUT2D eigenvalue weighted by Crippen LogP contribution is 1.86. The average molecular weight is 451 g/mol. The van der Waals surface area contributed by atoms with E-state index in [1.54, 1.807) is 29.9 Å². The van der Waals surface area contributed by atoms with Crippen molar-refractivity contribution >= 4 is 28.8 Å². The van der Waals surface area contributed by atoms with Crippen LogP contribution in [0.2, 0.25) is 0 Å². The van der Waals surface area contributed by atoms with Crippen molar-refractivity contribution in [3.05, 3.63) is 0 Å². The molecule has 0 amide bonds. The van der Waals surface area contributed by atoms with Gasteiger partial charge in [-0.2, -0.15) is 5.48 Å². The van der Waals surface area contributed by atoms with E-state index >= 15 is 0 Å². The second-order valence-electron chi connectivity index (χ2n) is 3.94. The van der Waals surface area contributed by atoms with Gasteiger partial charge in [-0.3, -0.25) is 4.79 Å². The average Bonchev–Trinajstić information content (AvgIpc) is 2.56. The molecule has 0 heterocycles. The highest BCUT2D eigenvalue weighted by atomic mass is 127. The third kappa shape index (κ3) is 27.3. The lowest BCUT2D eigenvalue weighted by atomic mass is 10.3. The molecule has 0 spiro atoms. The monoisotopic (exact) mass is 451 g/mol. The standard InChI is InChI=1S/C12H24INO7.C2H6/c1-12(15)2-4-16-6-8-18-10-11-19-9-7-17-5-3-14-21-20-13;1-2/h14H,2-11H2,1H3;1-2H3. The fourth-order valence-electron chi connectivity index (χ4n) is 1.16. The fraction of sp³-hybridized carbons (Fsp3) is 0.929. The van der Waals surface area contributed by atoms with Crippen molar-refractivity contribution in [3.63, 3.8) is 0 Å². The number of hydrogen-bond donors (Lipinski definition) is 1. The van der Waals surface area contributed by atoms with E-state index in [1.165, 1.54) is 0 Å². The highest BCUT2D eigenvalue weighted by molar-refractivity contribution is 14.1. The normalized spacial score (nSPS) is 10.3. The summed E-state index contributed by atoms with van der Waals surface area (Å²) in [6.07, 6.45) is 0.454. The Balaban J connectivity index is 0. The van der Waals surface area contributed by atoms with E-state index in [-0.39, 0.29) is 5.78 Å². The van der Waals surface area contributed by atoms with Crippen LogP contribution in [0.15, 0.2) is 0 Å². The Labute approximate surface area is 153 Å². The predicted molar refractivity (Wildman–Crippen MR) is 94.1 cm³/mol. The maximum Gasteiger partial charge on any atom is 0.157 e. The van der Waals surface area contributed by atoms with E-state index in [0.29, 0.717) is 65.8 Å². The van der Waals surface area contributed by atoms with Crippen molar-refractivity contribution in [2.75, 3.05) is 59.4 Å². The number of hydrogen-bond acceptors (Lipinski definition) is 8. The molecule has 0 saturated heterocycles. The molecule has 0 aliphatic carbocycles. The van der Waals surface area contributed by atoms with E-state index in [0.717, 1.165) is 0 Å².